The Morgan fingerprint density at radius 1 is 1.33 bits per heavy atom. The van der Waals surface area contributed by atoms with Gasteiger partial charge in [-0.25, -0.2) is 13.1 Å². The van der Waals surface area contributed by atoms with Crippen molar-refractivity contribution in [2.75, 3.05) is 12.3 Å². The zero-order valence-corrected chi connectivity index (χ0v) is 12.7. The molecule has 108 valence electrons. The molecule has 0 spiro atoms. The lowest BCUT2D eigenvalue weighted by Gasteiger charge is -2.24. The molecule has 1 saturated heterocycles. The average Bonchev–Trinajstić information content (AvgIpc) is 2.36. The van der Waals surface area contributed by atoms with Crippen molar-refractivity contribution in [3.8, 4) is 0 Å². The molecule has 1 fully saturated rings. The summed E-state index contributed by atoms with van der Waals surface area (Å²) in [5.74, 6) is 0.624. The van der Waals surface area contributed by atoms with Crippen molar-refractivity contribution in [1.82, 2.24) is 10.0 Å². The van der Waals surface area contributed by atoms with Crippen LogP contribution in [-0.4, -0.2) is 32.8 Å². The number of hydrogen-bond acceptors (Lipinski definition) is 3. The molecule has 0 radical (unpaired) electrons. The molecule has 4 nitrogen and oxygen atoms in total. The summed E-state index contributed by atoms with van der Waals surface area (Å²) in [4.78, 5) is 0. The van der Waals surface area contributed by atoms with Crippen LogP contribution < -0.4 is 10.0 Å². The third-order valence-electron chi connectivity index (χ3n) is 4.01. The van der Waals surface area contributed by atoms with E-state index in [4.69, 9.17) is 0 Å². The van der Waals surface area contributed by atoms with Gasteiger partial charge in [0.25, 0.3) is 0 Å². The second-order valence-corrected chi connectivity index (χ2v) is 7.42. The molecule has 0 saturated carbocycles. The van der Waals surface area contributed by atoms with E-state index in [0.29, 0.717) is 12.0 Å². The number of nitrogens with one attached hydrogen (secondary N) is 2. The van der Waals surface area contributed by atoms with Crippen molar-refractivity contribution >= 4 is 10.0 Å². The zero-order valence-electron chi connectivity index (χ0n) is 11.9. The molecule has 0 bridgehead atoms. The fraction of sp³-hybridized carbons (Fsp3) is 1.00. The second kappa shape index (κ2) is 7.46. The van der Waals surface area contributed by atoms with E-state index >= 15 is 0 Å². The summed E-state index contributed by atoms with van der Waals surface area (Å²) in [6.45, 7) is 7.14. The first-order valence-electron chi connectivity index (χ1n) is 7.18. The minimum Gasteiger partial charge on any atom is -0.314 e. The van der Waals surface area contributed by atoms with E-state index < -0.39 is 10.0 Å². The van der Waals surface area contributed by atoms with Crippen molar-refractivity contribution in [3.05, 3.63) is 0 Å². The van der Waals surface area contributed by atoms with Gasteiger partial charge in [-0.05, 0) is 38.6 Å². The monoisotopic (exact) mass is 276 g/mol. The summed E-state index contributed by atoms with van der Waals surface area (Å²) < 4.78 is 26.7. The zero-order chi connectivity index (χ0) is 13.6. The van der Waals surface area contributed by atoms with Gasteiger partial charge >= 0.3 is 0 Å². The van der Waals surface area contributed by atoms with Crippen LogP contribution in [0.3, 0.4) is 0 Å². The van der Waals surface area contributed by atoms with E-state index in [9.17, 15) is 8.42 Å². The van der Waals surface area contributed by atoms with Crippen LogP contribution in [0.1, 0.15) is 52.9 Å². The van der Waals surface area contributed by atoms with E-state index in [2.05, 4.69) is 23.9 Å². The van der Waals surface area contributed by atoms with Gasteiger partial charge in [-0.1, -0.05) is 26.7 Å². The minimum absolute atomic E-state index is 0.0271. The maximum Gasteiger partial charge on any atom is 0.211 e. The summed E-state index contributed by atoms with van der Waals surface area (Å²) >= 11 is 0. The standard InChI is InChI=1S/C13H28N2O2S/c1-4-11(2)12(3)15-18(16,17)10-8-13-7-5-6-9-14-13/h11-15H,4-10H2,1-3H3. The molecule has 0 aliphatic carbocycles. The SMILES string of the molecule is CCC(C)C(C)NS(=O)(=O)CCC1CCCCN1. The molecule has 18 heavy (non-hydrogen) atoms. The van der Waals surface area contributed by atoms with Crippen molar-refractivity contribution in [1.29, 1.82) is 0 Å². The lowest BCUT2D eigenvalue weighted by atomic mass is 10.0. The lowest BCUT2D eigenvalue weighted by Crippen LogP contribution is -2.41. The van der Waals surface area contributed by atoms with Crippen molar-refractivity contribution in [2.24, 2.45) is 5.92 Å². The van der Waals surface area contributed by atoms with Gasteiger partial charge in [0.15, 0.2) is 0 Å². The summed E-state index contributed by atoms with van der Waals surface area (Å²) in [6, 6.07) is 0.411. The molecule has 3 atom stereocenters. The number of rotatable bonds is 7. The third-order valence-corrected chi connectivity index (χ3v) is 5.51. The minimum atomic E-state index is -3.13. The van der Waals surface area contributed by atoms with Crippen LogP contribution in [-0.2, 0) is 10.0 Å². The Bertz CT molecular complexity index is 324. The predicted octanol–water partition coefficient (Wildman–Crippen LogP) is 1.87. The van der Waals surface area contributed by atoms with Crippen molar-refractivity contribution in [2.45, 2.75) is 65.0 Å². The topological polar surface area (TPSA) is 58.2 Å². The smallest absolute Gasteiger partial charge is 0.211 e. The molecule has 0 aromatic carbocycles. The fourth-order valence-electron chi connectivity index (χ4n) is 2.28. The van der Waals surface area contributed by atoms with Crippen LogP contribution in [0.5, 0.6) is 0 Å². The van der Waals surface area contributed by atoms with Crippen LogP contribution >= 0.6 is 0 Å². The molecular formula is C13H28N2O2S. The number of hydrogen-bond donors (Lipinski definition) is 2. The van der Waals surface area contributed by atoms with Crippen LogP contribution in [0.2, 0.25) is 0 Å². The first-order chi connectivity index (χ1) is 8.44. The van der Waals surface area contributed by atoms with Gasteiger partial charge in [-0.2, -0.15) is 0 Å². The Kier molecular flexibility index (Phi) is 6.60. The van der Waals surface area contributed by atoms with E-state index in [-0.39, 0.29) is 11.8 Å². The average molecular weight is 276 g/mol. The Morgan fingerprint density at radius 2 is 2.06 bits per heavy atom. The van der Waals surface area contributed by atoms with Gasteiger partial charge in [0.1, 0.15) is 0 Å². The molecule has 1 heterocycles. The molecule has 0 aromatic heterocycles. The van der Waals surface area contributed by atoms with Gasteiger partial charge in [0.2, 0.25) is 10.0 Å². The highest BCUT2D eigenvalue weighted by Gasteiger charge is 2.20. The van der Waals surface area contributed by atoms with Gasteiger partial charge in [-0.3, -0.25) is 0 Å². The van der Waals surface area contributed by atoms with E-state index in [1.54, 1.807) is 0 Å². The first-order valence-corrected chi connectivity index (χ1v) is 8.83. The van der Waals surface area contributed by atoms with Crippen molar-refractivity contribution < 1.29 is 8.42 Å². The van der Waals surface area contributed by atoms with Gasteiger partial charge in [-0.15, -0.1) is 0 Å². The summed E-state index contributed by atoms with van der Waals surface area (Å²) in [5.41, 5.74) is 0. The molecule has 5 heteroatoms. The Balaban J connectivity index is 2.34. The third kappa shape index (κ3) is 5.67. The predicted molar refractivity (Wildman–Crippen MR) is 76.1 cm³/mol. The maximum absolute atomic E-state index is 12.0. The molecular weight excluding hydrogens is 248 g/mol. The second-order valence-electron chi connectivity index (χ2n) is 5.55. The first kappa shape index (κ1) is 15.9. The Labute approximate surface area is 112 Å². The maximum atomic E-state index is 12.0. The highest BCUT2D eigenvalue weighted by atomic mass is 32.2. The van der Waals surface area contributed by atoms with E-state index in [1.165, 1.54) is 12.8 Å². The highest BCUT2D eigenvalue weighted by molar-refractivity contribution is 7.89. The normalized spacial score (nSPS) is 24.7. The molecule has 0 amide bonds. The fourth-order valence-corrected chi connectivity index (χ4v) is 3.79. The van der Waals surface area contributed by atoms with E-state index in [0.717, 1.165) is 25.8 Å². The summed E-state index contributed by atoms with van der Waals surface area (Å²) in [6.07, 6.45) is 5.26. The summed E-state index contributed by atoms with van der Waals surface area (Å²) in [5, 5.41) is 3.39. The van der Waals surface area contributed by atoms with Crippen LogP contribution in [0, 0.1) is 5.92 Å². The van der Waals surface area contributed by atoms with E-state index in [1.807, 2.05) is 6.92 Å². The summed E-state index contributed by atoms with van der Waals surface area (Å²) in [7, 11) is -3.13. The molecule has 1 aliphatic rings. The van der Waals surface area contributed by atoms with Gasteiger partial charge in [0.05, 0.1) is 5.75 Å². The highest BCUT2D eigenvalue weighted by Crippen LogP contribution is 2.12. The van der Waals surface area contributed by atoms with Crippen LogP contribution in [0.4, 0.5) is 0 Å². The molecule has 0 aromatic rings. The van der Waals surface area contributed by atoms with Gasteiger partial charge < -0.3 is 5.32 Å². The lowest BCUT2D eigenvalue weighted by molar-refractivity contribution is 0.390. The Hall–Kier alpha value is -0.130. The Morgan fingerprint density at radius 3 is 2.61 bits per heavy atom. The largest absolute Gasteiger partial charge is 0.314 e. The van der Waals surface area contributed by atoms with Crippen molar-refractivity contribution in [3.63, 3.8) is 0 Å². The molecule has 2 N–H and O–H groups in total. The number of piperidine rings is 1. The van der Waals surface area contributed by atoms with Crippen LogP contribution in [0.25, 0.3) is 0 Å². The quantitative estimate of drug-likeness (QED) is 0.746. The van der Waals surface area contributed by atoms with Crippen LogP contribution in [0.15, 0.2) is 0 Å². The molecule has 3 unspecified atom stereocenters. The molecule has 1 aliphatic heterocycles. The van der Waals surface area contributed by atoms with Gasteiger partial charge in [0, 0.05) is 12.1 Å². The molecule has 1 rings (SSSR count). The number of sulfonamides is 1.